The van der Waals surface area contributed by atoms with Crippen LogP contribution in [0.15, 0.2) is 39.9 Å². The van der Waals surface area contributed by atoms with Gasteiger partial charge in [-0.3, -0.25) is 24.0 Å². The number of carbonyl (C=O) groups excluding carboxylic acids is 2. The third-order valence-electron chi connectivity index (χ3n) is 4.58. The third-order valence-corrected chi connectivity index (χ3v) is 4.58. The first-order valence-electron chi connectivity index (χ1n) is 8.92. The molecule has 0 saturated carbocycles. The average molecular weight is 386 g/mol. The molecule has 3 rings (SSSR count). The highest BCUT2D eigenvalue weighted by Crippen LogP contribution is 2.18. The Labute approximate surface area is 160 Å². The zero-order valence-corrected chi connectivity index (χ0v) is 15.5. The number of nitrogens with two attached hydrogens (primary N) is 1. The van der Waals surface area contributed by atoms with Crippen molar-refractivity contribution in [2.24, 2.45) is 0 Å². The summed E-state index contributed by atoms with van der Waals surface area (Å²) in [5, 5.41) is 2.56. The van der Waals surface area contributed by atoms with E-state index in [1.165, 1.54) is 9.47 Å². The van der Waals surface area contributed by atoms with Crippen LogP contribution in [0.3, 0.4) is 0 Å². The molecule has 4 N–H and O–H groups in total. The van der Waals surface area contributed by atoms with Crippen molar-refractivity contribution in [3.05, 3.63) is 56.7 Å². The SMILES string of the molecule is CCN(CC(=O)N1CCNC1=O)c1c(N)n(Cc2ccccc2)c(=O)[nH]c1=O. The second kappa shape index (κ2) is 7.99. The number of urea groups is 1. The maximum Gasteiger partial charge on any atom is 0.330 e. The average Bonchev–Trinajstić information content (AvgIpc) is 3.11. The van der Waals surface area contributed by atoms with Gasteiger partial charge in [0.2, 0.25) is 5.91 Å². The lowest BCUT2D eigenvalue weighted by molar-refractivity contribution is -0.126. The molecule has 0 spiro atoms. The standard InChI is InChI=1S/C18H22N6O4/c1-2-22(11-13(25)23-9-8-20-17(23)27)14-15(19)24(18(28)21-16(14)26)10-12-6-4-3-5-7-12/h3-7H,2,8-11,19H2,1H3,(H,20,27)(H,21,26,28). The fraction of sp³-hybridized carbons (Fsp3) is 0.333. The van der Waals surface area contributed by atoms with Crippen molar-refractivity contribution in [1.82, 2.24) is 19.8 Å². The highest BCUT2D eigenvalue weighted by molar-refractivity contribution is 5.98. The summed E-state index contributed by atoms with van der Waals surface area (Å²) in [6.45, 7) is 2.67. The van der Waals surface area contributed by atoms with Gasteiger partial charge in [0.1, 0.15) is 11.5 Å². The van der Waals surface area contributed by atoms with Crippen molar-refractivity contribution < 1.29 is 9.59 Å². The Morgan fingerprint density at radius 3 is 2.54 bits per heavy atom. The molecule has 0 unspecified atom stereocenters. The molecule has 0 atom stereocenters. The lowest BCUT2D eigenvalue weighted by atomic mass is 10.2. The number of nitrogens with one attached hydrogen (secondary N) is 2. The van der Waals surface area contributed by atoms with Crippen LogP contribution >= 0.6 is 0 Å². The van der Waals surface area contributed by atoms with Gasteiger partial charge >= 0.3 is 11.7 Å². The molecule has 1 aliphatic rings. The Morgan fingerprint density at radius 1 is 1.21 bits per heavy atom. The highest BCUT2D eigenvalue weighted by Gasteiger charge is 2.28. The number of likely N-dealkylation sites (N-methyl/N-ethyl adjacent to an activating group) is 1. The molecule has 1 fully saturated rings. The Hall–Kier alpha value is -3.56. The van der Waals surface area contributed by atoms with Crippen LogP contribution in [-0.4, -0.2) is 52.6 Å². The zero-order chi connectivity index (χ0) is 20.3. The summed E-state index contributed by atoms with van der Waals surface area (Å²) in [5.74, 6) is -0.477. The monoisotopic (exact) mass is 386 g/mol. The van der Waals surface area contributed by atoms with Gasteiger partial charge in [0.05, 0.1) is 13.1 Å². The van der Waals surface area contributed by atoms with Gasteiger partial charge in [0, 0.05) is 19.6 Å². The van der Waals surface area contributed by atoms with Crippen LogP contribution in [0.25, 0.3) is 0 Å². The van der Waals surface area contributed by atoms with Crippen LogP contribution in [-0.2, 0) is 11.3 Å². The lowest BCUT2D eigenvalue weighted by Gasteiger charge is -2.25. The number of carbonyl (C=O) groups is 2. The fourth-order valence-electron chi connectivity index (χ4n) is 3.11. The van der Waals surface area contributed by atoms with E-state index in [0.29, 0.717) is 6.54 Å². The van der Waals surface area contributed by atoms with E-state index < -0.39 is 23.2 Å². The number of nitrogens with zero attached hydrogens (tertiary/aromatic N) is 3. The van der Waals surface area contributed by atoms with Crippen LogP contribution in [0.2, 0.25) is 0 Å². The van der Waals surface area contributed by atoms with E-state index in [2.05, 4.69) is 10.3 Å². The van der Waals surface area contributed by atoms with Gasteiger partial charge in [-0.15, -0.1) is 0 Å². The van der Waals surface area contributed by atoms with E-state index >= 15 is 0 Å². The fourth-order valence-corrected chi connectivity index (χ4v) is 3.11. The molecule has 28 heavy (non-hydrogen) atoms. The maximum absolute atomic E-state index is 12.5. The molecule has 0 aliphatic carbocycles. The predicted molar refractivity (Wildman–Crippen MR) is 104 cm³/mol. The van der Waals surface area contributed by atoms with Crippen molar-refractivity contribution in [2.75, 3.05) is 36.8 Å². The molecule has 10 nitrogen and oxygen atoms in total. The first kappa shape index (κ1) is 19.2. The number of hydrogen-bond acceptors (Lipinski definition) is 6. The number of H-pyrrole nitrogens is 1. The molecule has 1 aromatic heterocycles. The van der Waals surface area contributed by atoms with Gasteiger partial charge in [-0.25, -0.2) is 9.59 Å². The van der Waals surface area contributed by atoms with E-state index in [9.17, 15) is 19.2 Å². The van der Waals surface area contributed by atoms with Crippen molar-refractivity contribution in [1.29, 1.82) is 0 Å². The quantitative estimate of drug-likeness (QED) is 0.615. The smallest absolute Gasteiger partial charge is 0.330 e. The summed E-state index contributed by atoms with van der Waals surface area (Å²) in [6.07, 6.45) is 0. The highest BCUT2D eigenvalue weighted by atomic mass is 16.2. The molecule has 2 aromatic rings. The van der Waals surface area contributed by atoms with Gasteiger partial charge < -0.3 is 16.0 Å². The number of benzene rings is 1. The second-order valence-electron chi connectivity index (χ2n) is 6.36. The molecule has 0 radical (unpaired) electrons. The Morgan fingerprint density at radius 2 is 1.93 bits per heavy atom. The summed E-state index contributed by atoms with van der Waals surface area (Å²) in [5.41, 5.74) is 5.73. The normalized spacial score (nSPS) is 13.5. The van der Waals surface area contributed by atoms with Gasteiger partial charge in [-0.1, -0.05) is 30.3 Å². The molecule has 0 bridgehead atoms. The number of imide groups is 1. The summed E-state index contributed by atoms with van der Waals surface area (Å²) in [4.78, 5) is 53.7. The Bertz CT molecular complexity index is 997. The number of aromatic amines is 1. The molecule has 148 valence electrons. The minimum Gasteiger partial charge on any atom is -0.383 e. The lowest BCUT2D eigenvalue weighted by Crippen LogP contribution is -2.45. The Kier molecular flexibility index (Phi) is 5.48. The van der Waals surface area contributed by atoms with Crippen LogP contribution in [0.1, 0.15) is 12.5 Å². The molecule has 3 amide bonds. The zero-order valence-electron chi connectivity index (χ0n) is 15.5. The largest absolute Gasteiger partial charge is 0.383 e. The molecular formula is C18H22N6O4. The second-order valence-corrected chi connectivity index (χ2v) is 6.36. The van der Waals surface area contributed by atoms with Crippen LogP contribution in [0.5, 0.6) is 0 Å². The van der Waals surface area contributed by atoms with Crippen molar-refractivity contribution in [3.8, 4) is 0 Å². The van der Waals surface area contributed by atoms with E-state index in [4.69, 9.17) is 5.73 Å². The van der Waals surface area contributed by atoms with Crippen LogP contribution in [0.4, 0.5) is 16.3 Å². The molecular weight excluding hydrogens is 364 g/mol. The molecule has 1 aliphatic heterocycles. The van der Waals surface area contributed by atoms with Gasteiger partial charge in [0.15, 0.2) is 0 Å². The van der Waals surface area contributed by atoms with E-state index in [1.807, 2.05) is 30.3 Å². The minimum atomic E-state index is -0.674. The van der Waals surface area contributed by atoms with Crippen molar-refractivity contribution >= 4 is 23.4 Å². The van der Waals surface area contributed by atoms with E-state index in [0.717, 1.165) is 10.5 Å². The predicted octanol–water partition coefficient (Wildman–Crippen LogP) is -0.455. The number of aromatic nitrogens is 2. The van der Waals surface area contributed by atoms with Crippen molar-refractivity contribution in [2.45, 2.75) is 13.5 Å². The molecule has 1 aromatic carbocycles. The van der Waals surface area contributed by atoms with Crippen LogP contribution < -0.4 is 27.2 Å². The first-order valence-corrected chi connectivity index (χ1v) is 8.92. The number of anilines is 2. The third kappa shape index (κ3) is 3.75. The van der Waals surface area contributed by atoms with Crippen molar-refractivity contribution in [3.63, 3.8) is 0 Å². The summed E-state index contributed by atoms with van der Waals surface area (Å²) in [7, 11) is 0. The molecule has 10 heteroatoms. The number of amides is 3. The maximum atomic E-state index is 12.5. The van der Waals surface area contributed by atoms with Gasteiger partial charge in [0.25, 0.3) is 5.56 Å². The van der Waals surface area contributed by atoms with E-state index in [-0.39, 0.29) is 37.7 Å². The summed E-state index contributed by atoms with van der Waals surface area (Å²) < 4.78 is 1.25. The first-order chi connectivity index (χ1) is 13.4. The number of rotatable bonds is 6. The summed E-state index contributed by atoms with van der Waals surface area (Å²) >= 11 is 0. The molecule has 1 saturated heterocycles. The minimum absolute atomic E-state index is 0.0295. The van der Waals surface area contributed by atoms with Gasteiger partial charge in [-0.05, 0) is 12.5 Å². The summed E-state index contributed by atoms with van der Waals surface area (Å²) in [6, 6.07) is 8.74. The topological polar surface area (TPSA) is 134 Å². The Balaban J connectivity index is 1.94. The van der Waals surface area contributed by atoms with E-state index in [1.54, 1.807) is 6.92 Å². The van der Waals surface area contributed by atoms with Crippen LogP contribution in [0, 0.1) is 0 Å². The number of nitrogen functional groups attached to an aromatic ring is 1. The number of hydrogen-bond donors (Lipinski definition) is 3. The van der Waals surface area contributed by atoms with Gasteiger partial charge in [-0.2, -0.15) is 0 Å². The molecule has 2 heterocycles.